The Morgan fingerprint density at radius 1 is 0.636 bits per heavy atom. The quantitative estimate of drug-likeness (QED) is 0.616. The molecule has 2 heterocycles. The van der Waals surface area contributed by atoms with E-state index in [1.54, 1.807) is 0 Å². The van der Waals surface area contributed by atoms with Crippen molar-refractivity contribution in [1.29, 1.82) is 0 Å². The molecule has 2 amide bonds. The van der Waals surface area contributed by atoms with Crippen molar-refractivity contribution in [3.05, 3.63) is 36.4 Å². The fraction of sp³-hybridized carbons (Fsp3) is 0.263. The van der Waals surface area contributed by atoms with Gasteiger partial charge in [0.15, 0.2) is 23.0 Å². The van der Waals surface area contributed by atoms with E-state index in [-0.39, 0.29) is 36.6 Å². The minimum absolute atomic E-state index is 0.0105. The topological polar surface area (TPSA) is 95.1 Å². The number of halogens is 6. The minimum atomic E-state index is -6.40. The van der Waals surface area contributed by atoms with E-state index >= 15 is 0 Å². The molecule has 0 bridgehead atoms. The van der Waals surface area contributed by atoms with E-state index < -0.39 is 41.0 Å². The average Bonchev–Trinajstić information content (AvgIpc) is 3.41. The van der Waals surface area contributed by atoms with Crippen LogP contribution in [0, 0.1) is 0 Å². The van der Waals surface area contributed by atoms with E-state index in [2.05, 4.69) is 0 Å². The number of nitrogens with one attached hydrogen (secondary N) is 2. The van der Waals surface area contributed by atoms with Gasteiger partial charge in [-0.15, -0.1) is 0 Å². The van der Waals surface area contributed by atoms with Crippen molar-refractivity contribution in [2.45, 2.75) is 17.8 Å². The third kappa shape index (κ3) is 3.70. The predicted octanol–water partition coefficient (Wildman–Crippen LogP) is 3.63. The lowest BCUT2D eigenvalue weighted by Crippen LogP contribution is -2.63. The summed E-state index contributed by atoms with van der Waals surface area (Å²) in [6.45, 7) is -0.405. The highest BCUT2D eigenvalue weighted by Crippen LogP contribution is 2.47. The summed E-state index contributed by atoms with van der Waals surface area (Å²) in [6.07, 6.45) is 0. The van der Waals surface area contributed by atoms with Gasteiger partial charge in [0, 0.05) is 23.5 Å². The van der Waals surface area contributed by atoms with Gasteiger partial charge in [0.1, 0.15) is 0 Å². The van der Waals surface area contributed by atoms with Gasteiger partial charge in [0.25, 0.3) is 0 Å². The van der Waals surface area contributed by atoms with E-state index in [0.717, 1.165) is 24.3 Å². The third-order valence-electron chi connectivity index (χ3n) is 4.62. The van der Waals surface area contributed by atoms with Crippen molar-refractivity contribution in [3.63, 3.8) is 0 Å². The number of rotatable bonds is 6. The molecule has 2 aromatic carbocycles. The van der Waals surface area contributed by atoms with Crippen LogP contribution in [-0.2, 0) is 9.59 Å². The van der Waals surface area contributed by atoms with E-state index in [4.69, 9.17) is 18.9 Å². The van der Waals surface area contributed by atoms with Crippen LogP contribution in [0.5, 0.6) is 23.0 Å². The SMILES string of the molecule is O=C(Nc1ccc2c(c1)OCO2)C(F)(F)C(F)(F)C(F)(F)C(=O)Nc1ccc2c(c1)OCO2. The molecule has 0 radical (unpaired) electrons. The molecular formula is C19H12F6N2O6. The van der Waals surface area contributed by atoms with Crippen molar-refractivity contribution in [2.75, 3.05) is 24.2 Å². The van der Waals surface area contributed by atoms with Crippen LogP contribution < -0.4 is 29.6 Å². The fourth-order valence-corrected chi connectivity index (χ4v) is 2.85. The number of carbonyl (C=O) groups excluding carboxylic acids is 2. The van der Waals surface area contributed by atoms with Crippen molar-refractivity contribution in [3.8, 4) is 23.0 Å². The highest BCUT2D eigenvalue weighted by Gasteiger charge is 2.77. The second-order valence-electron chi connectivity index (χ2n) is 6.77. The summed E-state index contributed by atoms with van der Waals surface area (Å²) in [5, 5.41) is 2.81. The summed E-state index contributed by atoms with van der Waals surface area (Å²) in [6, 6.07) is 6.31. The summed E-state index contributed by atoms with van der Waals surface area (Å²) in [7, 11) is 0. The highest BCUT2D eigenvalue weighted by atomic mass is 19.3. The number of hydrogen-bond acceptors (Lipinski definition) is 6. The molecule has 0 saturated carbocycles. The second-order valence-corrected chi connectivity index (χ2v) is 6.77. The third-order valence-corrected chi connectivity index (χ3v) is 4.62. The molecule has 4 rings (SSSR count). The van der Waals surface area contributed by atoms with Gasteiger partial charge in [-0.3, -0.25) is 9.59 Å². The Kier molecular flexibility index (Phi) is 5.17. The zero-order chi connectivity index (χ0) is 24.0. The zero-order valence-electron chi connectivity index (χ0n) is 16.1. The zero-order valence-corrected chi connectivity index (χ0v) is 16.1. The first-order chi connectivity index (χ1) is 15.4. The maximum atomic E-state index is 14.2. The smallest absolute Gasteiger partial charge is 0.393 e. The fourth-order valence-electron chi connectivity index (χ4n) is 2.85. The van der Waals surface area contributed by atoms with Crippen LogP contribution in [0.2, 0.25) is 0 Å². The lowest BCUT2D eigenvalue weighted by atomic mass is 10.0. The first kappa shape index (κ1) is 22.4. The number of carbonyl (C=O) groups is 2. The summed E-state index contributed by atoms with van der Waals surface area (Å²) >= 11 is 0. The molecule has 0 spiro atoms. The van der Waals surface area contributed by atoms with Crippen molar-refractivity contribution < 1.29 is 54.9 Å². The molecule has 33 heavy (non-hydrogen) atoms. The Morgan fingerprint density at radius 3 is 1.39 bits per heavy atom. The van der Waals surface area contributed by atoms with Gasteiger partial charge in [-0.1, -0.05) is 0 Å². The molecular weight excluding hydrogens is 466 g/mol. The van der Waals surface area contributed by atoms with Gasteiger partial charge in [-0.05, 0) is 24.3 Å². The minimum Gasteiger partial charge on any atom is -0.454 e. The molecule has 0 aliphatic carbocycles. The summed E-state index contributed by atoms with van der Waals surface area (Å²) in [5.41, 5.74) is -0.902. The Hall–Kier alpha value is -3.84. The van der Waals surface area contributed by atoms with Gasteiger partial charge >= 0.3 is 29.6 Å². The standard InChI is InChI=1S/C19H12F6N2O6/c20-17(21,15(28)26-9-1-3-11-13(5-9)32-7-30-11)19(24,25)18(22,23)16(29)27-10-2-4-12-14(6-10)33-8-31-12/h1-6H,7-8H2,(H,26,28)(H,27,29). The monoisotopic (exact) mass is 478 g/mol. The van der Waals surface area contributed by atoms with Crippen LogP contribution >= 0.6 is 0 Å². The predicted molar refractivity (Wildman–Crippen MR) is 97.2 cm³/mol. The van der Waals surface area contributed by atoms with Crippen molar-refractivity contribution in [2.24, 2.45) is 0 Å². The van der Waals surface area contributed by atoms with Gasteiger partial charge in [0.05, 0.1) is 0 Å². The molecule has 0 aromatic heterocycles. The van der Waals surface area contributed by atoms with Crippen LogP contribution in [0.3, 0.4) is 0 Å². The second kappa shape index (κ2) is 7.64. The molecule has 0 atom stereocenters. The number of ether oxygens (including phenoxy) is 4. The van der Waals surface area contributed by atoms with Crippen LogP contribution in [0.25, 0.3) is 0 Å². The van der Waals surface area contributed by atoms with Gasteiger partial charge in [-0.2, -0.15) is 26.3 Å². The lowest BCUT2D eigenvalue weighted by Gasteiger charge is -2.30. The van der Waals surface area contributed by atoms with E-state index in [9.17, 15) is 35.9 Å². The Bertz CT molecular complexity index is 1040. The molecule has 0 unspecified atom stereocenters. The van der Waals surface area contributed by atoms with Gasteiger partial charge < -0.3 is 29.6 Å². The number of alkyl halides is 6. The number of benzene rings is 2. The first-order valence-corrected chi connectivity index (χ1v) is 8.99. The van der Waals surface area contributed by atoms with Gasteiger partial charge in [0.2, 0.25) is 13.6 Å². The van der Waals surface area contributed by atoms with Crippen LogP contribution in [-0.4, -0.2) is 43.2 Å². The number of fused-ring (bicyclic) bond motifs is 2. The molecule has 2 aliphatic heterocycles. The van der Waals surface area contributed by atoms with Crippen molar-refractivity contribution >= 4 is 23.2 Å². The molecule has 0 saturated heterocycles. The average molecular weight is 478 g/mol. The maximum absolute atomic E-state index is 14.2. The van der Waals surface area contributed by atoms with Crippen molar-refractivity contribution in [1.82, 2.24) is 0 Å². The molecule has 176 valence electrons. The number of amides is 2. The molecule has 8 nitrogen and oxygen atoms in total. The van der Waals surface area contributed by atoms with Crippen LogP contribution in [0.4, 0.5) is 37.7 Å². The van der Waals surface area contributed by atoms with Crippen LogP contribution in [0.15, 0.2) is 36.4 Å². The molecule has 0 fully saturated rings. The summed E-state index contributed by atoms with van der Waals surface area (Å²) < 4.78 is 105. The van der Waals surface area contributed by atoms with E-state index in [1.807, 2.05) is 0 Å². The lowest BCUT2D eigenvalue weighted by molar-refractivity contribution is -0.283. The normalized spacial score (nSPS) is 14.7. The molecule has 2 N–H and O–H groups in total. The molecule has 2 aromatic rings. The number of hydrogen-bond donors (Lipinski definition) is 2. The Morgan fingerprint density at radius 2 is 1.00 bits per heavy atom. The molecule has 14 heteroatoms. The van der Waals surface area contributed by atoms with Crippen LogP contribution in [0.1, 0.15) is 0 Å². The number of anilines is 2. The first-order valence-electron chi connectivity index (χ1n) is 8.99. The molecule has 2 aliphatic rings. The summed E-state index contributed by atoms with van der Waals surface area (Å²) in [4.78, 5) is 23.7. The van der Waals surface area contributed by atoms with E-state index in [0.29, 0.717) is 0 Å². The summed E-state index contributed by atoms with van der Waals surface area (Å²) in [5.74, 6) is -23.5. The highest BCUT2D eigenvalue weighted by molar-refractivity contribution is 6.01. The van der Waals surface area contributed by atoms with Gasteiger partial charge in [-0.25, -0.2) is 0 Å². The maximum Gasteiger partial charge on any atom is 0.393 e. The largest absolute Gasteiger partial charge is 0.454 e. The Labute approximate surface area is 180 Å². The van der Waals surface area contributed by atoms with E-state index in [1.165, 1.54) is 22.8 Å². The Balaban J connectivity index is 1.51.